The lowest BCUT2D eigenvalue weighted by molar-refractivity contribution is 0.130. The lowest BCUT2D eigenvalue weighted by Crippen LogP contribution is -2.09. The first-order valence-electron chi connectivity index (χ1n) is 7.28. The van der Waals surface area contributed by atoms with Crippen LogP contribution in [0.2, 0.25) is 0 Å². The number of pyridine rings is 1. The average molecular weight is 329 g/mol. The predicted octanol–water partition coefficient (Wildman–Crippen LogP) is 2.79. The number of H-pyrrole nitrogens is 2. The minimum Gasteiger partial charge on any atom is -0.469 e. The van der Waals surface area contributed by atoms with Gasteiger partial charge in [0.05, 0.1) is 5.71 Å². The molecule has 0 amide bonds. The van der Waals surface area contributed by atoms with E-state index in [1.54, 1.807) is 24.4 Å². The Bertz CT molecular complexity index is 784. The molecule has 0 unspecified atom stereocenters. The zero-order chi connectivity index (χ0) is 16.8. The van der Waals surface area contributed by atoms with Crippen LogP contribution < -0.4 is 4.74 Å². The summed E-state index contributed by atoms with van der Waals surface area (Å²) in [6.45, 7) is 2.42. The maximum Gasteiger partial charge on any atom is 0.213 e. The summed E-state index contributed by atoms with van der Waals surface area (Å²) in [6.07, 6.45) is 1.66. The number of nitrogens with one attached hydrogen (secondary N) is 2. The van der Waals surface area contributed by atoms with E-state index in [9.17, 15) is 4.39 Å². The highest BCUT2D eigenvalue weighted by Gasteiger charge is 2.03. The zero-order valence-electron chi connectivity index (χ0n) is 13.0. The normalized spacial score (nSPS) is 11.5. The monoisotopic (exact) mass is 329 g/mol. The molecule has 7 nitrogen and oxygen atoms in total. The third kappa shape index (κ3) is 4.19. The van der Waals surface area contributed by atoms with Gasteiger partial charge < -0.3 is 9.57 Å². The Balaban J connectivity index is 1.52. The fourth-order valence-electron chi connectivity index (χ4n) is 1.86. The van der Waals surface area contributed by atoms with E-state index in [4.69, 9.17) is 9.57 Å². The average Bonchev–Trinajstić information content (AvgIpc) is 2.56. The third-order valence-corrected chi connectivity index (χ3v) is 3.25. The Morgan fingerprint density at radius 1 is 1.17 bits per heavy atom. The van der Waals surface area contributed by atoms with Crippen molar-refractivity contribution in [2.45, 2.75) is 20.1 Å². The van der Waals surface area contributed by atoms with Gasteiger partial charge in [-0.3, -0.25) is 5.10 Å². The van der Waals surface area contributed by atoms with Gasteiger partial charge in [0, 0.05) is 17.8 Å². The summed E-state index contributed by atoms with van der Waals surface area (Å²) < 4.78 is 18.3. The maximum atomic E-state index is 12.8. The summed E-state index contributed by atoms with van der Waals surface area (Å²) in [6, 6.07) is 9.68. The van der Waals surface area contributed by atoms with Gasteiger partial charge in [-0.1, -0.05) is 17.3 Å². The smallest absolute Gasteiger partial charge is 0.213 e. The summed E-state index contributed by atoms with van der Waals surface area (Å²) >= 11 is 0. The quantitative estimate of drug-likeness (QED) is 0.515. The van der Waals surface area contributed by atoms with Crippen LogP contribution in [0.25, 0.3) is 0 Å². The standard InChI is InChI=1S/C16H16FN5O2/c1-11(21-24-9-12-2-5-14(17)6-3-12)13-4-7-16(18-8-13)23-10-15-19-22-20-15/h2-8,22H,9-10H2,1H3,(H,19,20). The van der Waals surface area contributed by atoms with Crippen LogP contribution in [0, 0.1) is 5.82 Å². The van der Waals surface area contributed by atoms with Gasteiger partial charge in [0.25, 0.3) is 0 Å². The lowest BCUT2D eigenvalue weighted by Gasteiger charge is -2.07. The summed E-state index contributed by atoms with van der Waals surface area (Å²) in [5.41, 5.74) is 2.35. The molecule has 0 saturated carbocycles. The SMILES string of the molecule is CC(=NOCc1ccc(F)cc1)c1ccc(OCc2n[nH][nH]2)nc1. The van der Waals surface area contributed by atoms with Crippen LogP contribution in [0.3, 0.4) is 0 Å². The number of hydrogen-bond donors (Lipinski definition) is 2. The first-order valence-corrected chi connectivity index (χ1v) is 7.28. The molecular formula is C16H16FN5O2. The van der Waals surface area contributed by atoms with Crippen molar-refractivity contribution in [3.05, 3.63) is 65.4 Å². The van der Waals surface area contributed by atoms with E-state index >= 15 is 0 Å². The second kappa shape index (κ2) is 7.40. The van der Waals surface area contributed by atoms with Gasteiger partial charge in [-0.05, 0) is 30.7 Å². The van der Waals surface area contributed by atoms with Crippen molar-refractivity contribution in [2.24, 2.45) is 5.16 Å². The van der Waals surface area contributed by atoms with Crippen LogP contribution in [0.5, 0.6) is 5.88 Å². The number of benzene rings is 1. The van der Waals surface area contributed by atoms with E-state index in [1.165, 1.54) is 12.1 Å². The van der Waals surface area contributed by atoms with Gasteiger partial charge in [0.1, 0.15) is 12.4 Å². The Kier molecular flexibility index (Phi) is 4.85. The van der Waals surface area contributed by atoms with Crippen molar-refractivity contribution in [3.63, 3.8) is 0 Å². The lowest BCUT2D eigenvalue weighted by atomic mass is 10.2. The molecule has 0 bridgehead atoms. The predicted molar refractivity (Wildman–Crippen MR) is 84.9 cm³/mol. The molecule has 1 aromatic carbocycles. The molecule has 124 valence electrons. The molecular weight excluding hydrogens is 313 g/mol. The van der Waals surface area contributed by atoms with Crippen LogP contribution in [-0.2, 0) is 18.1 Å². The van der Waals surface area contributed by atoms with Crippen molar-refractivity contribution < 1.29 is 14.0 Å². The Morgan fingerprint density at radius 2 is 1.96 bits per heavy atom. The Morgan fingerprint density at radius 3 is 2.58 bits per heavy atom. The van der Waals surface area contributed by atoms with Crippen LogP contribution in [0.4, 0.5) is 4.39 Å². The second-order valence-electron chi connectivity index (χ2n) is 5.05. The minimum atomic E-state index is -0.275. The van der Waals surface area contributed by atoms with E-state index in [2.05, 4.69) is 25.6 Å². The largest absolute Gasteiger partial charge is 0.469 e. The molecule has 3 aromatic rings. The molecule has 0 aliphatic carbocycles. The van der Waals surface area contributed by atoms with Crippen molar-refractivity contribution in [2.75, 3.05) is 0 Å². The van der Waals surface area contributed by atoms with Crippen molar-refractivity contribution in [3.8, 4) is 5.88 Å². The van der Waals surface area contributed by atoms with Gasteiger partial charge in [-0.2, -0.15) is 0 Å². The molecule has 0 spiro atoms. The van der Waals surface area contributed by atoms with E-state index < -0.39 is 0 Å². The van der Waals surface area contributed by atoms with Crippen LogP contribution in [-0.4, -0.2) is 26.1 Å². The van der Waals surface area contributed by atoms with Crippen molar-refractivity contribution in [1.82, 2.24) is 20.4 Å². The number of aromatic amines is 2. The molecule has 0 aliphatic rings. The number of oxime groups is 1. The maximum absolute atomic E-state index is 12.8. The van der Waals surface area contributed by atoms with Gasteiger partial charge in [-0.25, -0.2) is 14.6 Å². The Hall–Kier alpha value is -3.16. The van der Waals surface area contributed by atoms with Crippen LogP contribution in [0.1, 0.15) is 23.9 Å². The molecule has 0 atom stereocenters. The summed E-state index contributed by atoms with van der Waals surface area (Å²) in [5.74, 6) is 0.936. The molecule has 3 rings (SSSR count). The molecule has 0 saturated heterocycles. The van der Waals surface area contributed by atoms with Crippen molar-refractivity contribution >= 4 is 5.71 Å². The number of nitrogens with zero attached hydrogens (tertiary/aromatic N) is 3. The van der Waals surface area contributed by atoms with E-state index in [0.29, 0.717) is 24.0 Å². The zero-order valence-corrected chi connectivity index (χ0v) is 13.0. The van der Waals surface area contributed by atoms with Crippen LogP contribution >= 0.6 is 0 Å². The van der Waals surface area contributed by atoms with E-state index in [1.807, 2.05) is 13.0 Å². The fourth-order valence-corrected chi connectivity index (χ4v) is 1.86. The highest BCUT2D eigenvalue weighted by atomic mass is 19.1. The molecule has 2 aromatic heterocycles. The molecule has 2 N–H and O–H groups in total. The molecule has 0 radical (unpaired) electrons. The number of rotatable bonds is 7. The minimum absolute atomic E-state index is 0.273. The summed E-state index contributed by atoms with van der Waals surface area (Å²) in [4.78, 5) is 9.49. The van der Waals surface area contributed by atoms with Gasteiger partial charge >= 0.3 is 0 Å². The summed E-state index contributed by atoms with van der Waals surface area (Å²) in [5, 5.41) is 13.2. The van der Waals surface area contributed by atoms with Gasteiger partial charge in [0.15, 0.2) is 12.4 Å². The van der Waals surface area contributed by atoms with Crippen LogP contribution in [0.15, 0.2) is 47.8 Å². The first kappa shape index (κ1) is 15.7. The highest BCUT2D eigenvalue weighted by Crippen LogP contribution is 2.11. The van der Waals surface area contributed by atoms with Gasteiger partial charge in [0.2, 0.25) is 5.88 Å². The number of hydrogen-bond acceptors (Lipinski definition) is 5. The van der Waals surface area contributed by atoms with Gasteiger partial charge in [-0.15, -0.1) is 5.10 Å². The number of aromatic nitrogens is 4. The van der Waals surface area contributed by atoms with Crippen molar-refractivity contribution in [1.29, 1.82) is 0 Å². The molecule has 2 heterocycles. The highest BCUT2D eigenvalue weighted by molar-refractivity contribution is 5.98. The molecule has 24 heavy (non-hydrogen) atoms. The van der Waals surface area contributed by atoms with E-state index in [-0.39, 0.29) is 12.4 Å². The third-order valence-electron chi connectivity index (χ3n) is 3.25. The molecule has 0 aliphatic heterocycles. The topological polar surface area (TPSA) is 88.2 Å². The fraction of sp³-hybridized carbons (Fsp3) is 0.188. The van der Waals surface area contributed by atoms with E-state index in [0.717, 1.165) is 11.1 Å². The molecule has 8 heteroatoms. The number of halogens is 1. The Labute approximate surface area is 137 Å². The first-order chi connectivity index (χ1) is 11.7. The summed E-state index contributed by atoms with van der Waals surface area (Å²) in [7, 11) is 0. The second-order valence-corrected chi connectivity index (χ2v) is 5.05. The number of ether oxygens (including phenoxy) is 1. The molecule has 0 fully saturated rings.